The van der Waals surface area contributed by atoms with E-state index in [0.717, 1.165) is 25.2 Å². The van der Waals surface area contributed by atoms with Gasteiger partial charge in [-0.15, -0.1) is 0 Å². The van der Waals surface area contributed by atoms with Crippen molar-refractivity contribution in [2.24, 2.45) is 11.7 Å². The zero-order chi connectivity index (χ0) is 13.1. The number of nitrogens with two attached hydrogens (primary N) is 1. The lowest BCUT2D eigenvalue weighted by Gasteiger charge is -2.37. The normalized spacial score (nSPS) is 25.3. The Hall–Kier alpha value is -0.350. The minimum atomic E-state index is 0.440. The first-order chi connectivity index (χ1) is 8.60. The maximum atomic E-state index is 6.12. The molecule has 2 heterocycles. The van der Waals surface area contributed by atoms with Crippen molar-refractivity contribution in [1.29, 1.82) is 0 Å². The van der Waals surface area contributed by atoms with Gasteiger partial charge >= 0.3 is 0 Å². The highest BCUT2D eigenvalue weighted by atomic mass is 35.5. The standard InChI is InChI=1S/C13H19Cl2N3/c1-9-2-3-10(6-16)7-18(9)8-11-4-5-12(14)17-13(11)15/h4-5,9-10H,2-3,6-8,16H2,1H3. The van der Waals surface area contributed by atoms with E-state index in [4.69, 9.17) is 28.9 Å². The summed E-state index contributed by atoms with van der Waals surface area (Å²) in [5.41, 5.74) is 6.80. The Morgan fingerprint density at radius 1 is 1.39 bits per heavy atom. The van der Waals surface area contributed by atoms with E-state index in [-0.39, 0.29) is 0 Å². The number of aromatic nitrogens is 1. The fourth-order valence-electron chi connectivity index (χ4n) is 2.45. The lowest BCUT2D eigenvalue weighted by molar-refractivity contribution is 0.113. The Balaban J connectivity index is 2.07. The molecule has 1 aromatic rings. The van der Waals surface area contributed by atoms with Gasteiger partial charge in [0.05, 0.1) is 0 Å². The van der Waals surface area contributed by atoms with Gasteiger partial charge in [-0.25, -0.2) is 4.98 Å². The molecule has 2 rings (SSSR count). The van der Waals surface area contributed by atoms with Crippen molar-refractivity contribution >= 4 is 23.2 Å². The van der Waals surface area contributed by atoms with Crippen LogP contribution in [-0.2, 0) is 6.54 Å². The number of pyridine rings is 1. The second-order valence-corrected chi connectivity index (χ2v) is 5.79. The first-order valence-corrected chi connectivity index (χ1v) is 7.10. The zero-order valence-corrected chi connectivity index (χ0v) is 12.1. The average Bonchev–Trinajstić information content (AvgIpc) is 2.35. The van der Waals surface area contributed by atoms with Crippen molar-refractivity contribution in [2.45, 2.75) is 32.4 Å². The van der Waals surface area contributed by atoms with Gasteiger partial charge in [0.1, 0.15) is 10.3 Å². The summed E-state index contributed by atoms with van der Waals surface area (Å²) < 4.78 is 0. The number of hydrogen-bond acceptors (Lipinski definition) is 3. The quantitative estimate of drug-likeness (QED) is 0.869. The zero-order valence-electron chi connectivity index (χ0n) is 10.6. The molecule has 2 unspecified atom stereocenters. The number of nitrogens with zero attached hydrogens (tertiary/aromatic N) is 2. The van der Waals surface area contributed by atoms with Crippen molar-refractivity contribution in [2.75, 3.05) is 13.1 Å². The molecule has 0 spiro atoms. The SMILES string of the molecule is CC1CCC(CN)CN1Cc1ccc(Cl)nc1Cl. The topological polar surface area (TPSA) is 42.1 Å². The molecule has 1 aliphatic heterocycles. The van der Waals surface area contributed by atoms with Crippen molar-refractivity contribution in [3.63, 3.8) is 0 Å². The highest BCUT2D eigenvalue weighted by molar-refractivity contribution is 6.32. The van der Waals surface area contributed by atoms with Crippen LogP contribution in [0.15, 0.2) is 12.1 Å². The van der Waals surface area contributed by atoms with Crippen LogP contribution in [0, 0.1) is 5.92 Å². The van der Waals surface area contributed by atoms with Gasteiger partial charge in [0, 0.05) is 24.7 Å². The third kappa shape index (κ3) is 3.35. The Morgan fingerprint density at radius 2 is 2.17 bits per heavy atom. The van der Waals surface area contributed by atoms with E-state index in [1.807, 2.05) is 6.07 Å². The van der Waals surface area contributed by atoms with E-state index < -0.39 is 0 Å². The van der Waals surface area contributed by atoms with Crippen LogP contribution in [0.3, 0.4) is 0 Å². The van der Waals surface area contributed by atoms with Crippen LogP contribution in [0.1, 0.15) is 25.3 Å². The largest absolute Gasteiger partial charge is 0.330 e. The van der Waals surface area contributed by atoms with Gasteiger partial charge in [0.2, 0.25) is 0 Å². The van der Waals surface area contributed by atoms with E-state index in [1.165, 1.54) is 12.8 Å². The monoisotopic (exact) mass is 287 g/mol. The Kier molecular flexibility index (Phi) is 4.84. The lowest BCUT2D eigenvalue weighted by atomic mass is 9.93. The molecule has 18 heavy (non-hydrogen) atoms. The van der Waals surface area contributed by atoms with E-state index in [9.17, 15) is 0 Å². The summed E-state index contributed by atoms with van der Waals surface area (Å²) in [7, 11) is 0. The molecule has 2 atom stereocenters. The van der Waals surface area contributed by atoms with Crippen LogP contribution in [-0.4, -0.2) is 29.0 Å². The molecule has 1 aromatic heterocycles. The van der Waals surface area contributed by atoms with Gasteiger partial charge in [-0.1, -0.05) is 29.3 Å². The summed E-state index contributed by atoms with van der Waals surface area (Å²) >= 11 is 11.9. The predicted octanol–water partition coefficient (Wildman–Crippen LogP) is 2.95. The second kappa shape index (κ2) is 6.20. The van der Waals surface area contributed by atoms with Gasteiger partial charge in [0.25, 0.3) is 0 Å². The van der Waals surface area contributed by atoms with E-state index in [1.54, 1.807) is 6.07 Å². The van der Waals surface area contributed by atoms with E-state index in [0.29, 0.717) is 22.3 Å². The summed E-state index contributed by atoms with van der Waals surface area (Å²) in [4.78, 5) is 6.51. The van der Waals surface area contributed by atoms with Gasteiger partial charge in [-0.3, -0.25) is 4.90 Å². The predicted molar refractivity (Wildman–Crippen MR) is 75.9 cm³/mol. The molecule has 3 nitrogen and oxygen atoms in total. The fourth-order valence-corrected chi connectivity index (χ4v) is 2.86. The minimum Gasteiger partial charge on any atom is -0.330 e. The molecule has 5 heteroatoms. The summed E-state index contributed by atoms with van der Waals surface area (Å²) in [6.45, 7) is 4.87. The molecule has 0 bridgehead atoms. The number of halogens is 2. The van der Waals surface area contributed by atoms with Gasteiger partial charge in [-0.2, -0.15) is 0 Å². The van der Waals surface area contributed by atoms with Crippen LogP contribution in [0.4, 0.5) is 0 Å². The average molecular weight is 288 g/mol. The van der Waals surface area contributed by atoms with E-state index >= 15 is 0 Å². The number of rotatable bonds is 3. The maximum absolute atomic E-state index is 6.12. The third-order valence-electron chi connectivity index (χ3n) is 3.71. The van der Waals surface area contributed by atoms with Crippen molar-refractivity contribution in [3.8, 4) is 0 Å². The minimum absolute atomic E-state index is 0.440. The third-order valence-corrected chi connectivity index (χ3v) is 4.25. The molecule has 2 N–H and O–H groups in total. The van der Waals surface area contributed by atoms with Crippen LogP contribution < -0.4 is 5.73 Å². The Bertz CT molecular complexity index is 411. The lowest BCUT2D eigenvalue weighted by Crippen LogP contribution is -2.43. The molecule has 1 saturated heterocycles. The summed E-state index contributed by atoms with van der Waals surface area (Å²) in [6.07, 6.45) is 2.42. The summed E-state index contributed by atoms with van der Waals surface area (Å²) in [5.74, 6) is 0.597. The van der Waals surface area contributed by atoms with Gasteiger partial charge in [0.15, 0.2) is 0 Å². The van der Waals surface area contributed by atoms with Gasteiger partial charge in [-0.05, 0) is 38.3 Å². The molecule has 100 valence electrons. The second-order valence-electron chi connectivity index (χ2n) is 5.04. The maximum Gasteiger partial charge on any atom is 0.135 e. The fraction of sp³-hybridized carbons (Fsp3) is 0.615. The Labute approximate surface area is 118 Å². The molecule has 0 amide bonds. The molecule has 1 fully saturated rings. The molecular weight excluding hydrogens is 269 g/mol. The molecule has 0 aliphatic carbocycles. The smallest absolute Gasteiger partial charge is 0.135 e. The highest BCUT2D eigenvalue weighted by Crippen LogP contribution is 2.25. The number of hydrogen-bond donors (Lipinski definition) is 1. The first-order valence-electron chi connectivity index (χ1n) is 6.35. The van der Waals surface area contributed by atoms with Crippen LogP contribution >= 0.6 is 23.2 Å². The van der Waals surface area contributed by atoms with E-state index in [2.05, 4.69) is 16.8 Å². The summed E-state index contributed by atoms with van der Waals surface area (Å²) in [6, 6.07) is 4.31. The van der Waals surface area contributed by atoms with Crippen molar-refractivity contribution < 1.29 is 0 Å². The number of piperidine rings is 1. The van der Waals surface area contributed by atoms with Crippen LogP contribution in [0.2, 0.25) is 10.3 Å². The highest BCUT2D eigenvalue weighted by Gasteiger charge is 2.25. The molecular formula is C13H19Cl2N3. The number of likely N-dealkylation sites (tertiary alicyclic amines) is 1. The molecule has 0 aromatic carbocycles. The summed E-state index contributed by atoms with van der Waals surface area (Å²) in [5, 5.41) is 0.944. The molecule has 0 radical (unpaired) electrons. The van der Waals surface area contributed by atoms with Crippen LogP contribution in [0.5, 0.6) is 0 Å². The molecule has 1 aliphatic rings. The van der Waals surface area contributed by atoms with Gasteiger partial charge < -0.3 is 5.73 Å². The van der Waals surface area contributed by atoms with Crippen molar-refractivity contribution in [3.05, 3.63) is 28.0 Å². The first kappa shape index (κ1) is 14.1. The molecule has 0 saturated carbocycles. The van der Waals surface area contributed by atoms with Crippen LogP contribution in [0.25, 0.3) is 0 Å². The van der Waals surface area contributed by atoms with Crippen molar-refractivity contribution in [1.82, 2.24) is 9.88 Å². The Morgan fingerprint density at radius 3 is 2.83 bits per heavy atom.